The number of hydrogen-bond donors (Lipinski definition) is 4. The molecule has 10 nitrogen and oxygen atoms in total. The monoisotopic (exact) mass is 701 g/mol. The number of benzene rings is 2. The summed E-state index contributed by atoms with van der Waals surface area (Å²) in [6, 6.07) is 12.7. The maximum absolute atomic E-state index is 13.9. The standard InChI is InChI=1S/C36H49F2N5O5S/c1-22(2)49(46,47)43(7)34-14-25(13-33(42-34)40-19-26-11-23(26)3)35(45)41-31(21-48-30-16-28(37)15-29(38)17-30)32(44)20-39-18-24-9-8-10-27(12-24)36(4,5)6/h8-10,12-17,22-23,26,31-32,39,44H,11,18-21H2,1-7H3,(H,40,42)(H,41,45)/t23-,26+,31-,32-/m0/s1. The maximum Gasteiger partial charge on any atom is 0.251 e. The molecule has 0 spiro atoms. The minimum Gasteiger partial charge on any atom is -0.491 e. The van der Waals surface area contributed by atoms with Gasteiger partial charge >= 0.3 is 0 Å². The van der Waals surface area contributed by atoms with Crippen LogP contribution in [0.5, 0.6) is 5.75 Å². The van der Waals surface area contributed by atoms with Crippen LogP contribution in [0.2, 0.25) is 0 Å². The summed E-state index contributed by atoms with van der Waals surface area (Å²) in [7, 11) is -2.38. The summed E-state index contributed by atoms with van der Waals surface area (Å²) >= 11 is 0. The van der Waals surface area contributed by atoms with Crippen LogP contribution < -0.4 is 25.0 Å². The van der Waals surface area contributed by atoms with Crippen molar-refractivity contribution in [2.45, 2.75) is 77.3 Å². The molecule has 2 aromatic carbocycles. The van der Waals surface area contributed by atoms with Crippen molar-refractivity contribution in [1.29, 1.82) is 0 Å². The number of hydrogen-bond acceptors (Lipinski definition) is 8. The van der Waals surface area contributed by atoms with E-state index in [1.54, 1.807) is 13.8 Å². The Balaban J connectivity index is 1.56. The SMILES string of the molecule is CC(C)S(=O)(=O)N(C)c1cc(C(=O)N[C@@H](COc2cc(F)cc(F)c2)[C@@H](O)CNCc2cccc(C(C)(C)C)c2)cc(NC[C@H]2C[C@@H]2C)n1. The van der Waals surface area contributed by atoms with Crippen molar-refractivity contribution in [1.82, 2.24) is 15.6 Å². The number of aliphatic hydroxyl groups is 1. The number of carbonyl (C=O) groups excluding carboxylic acids is 1. The number of rotatable bonds is 16. The molecule has 1 aliphatic rings. The van der Waals surface area contributed by atoms with E-state index >= 15 is 0 Å². The molecule has 4 N–H and O–H groups in total. The van der Waals surface area contributed by atoms with Crippen molar-refractivity contribution >= 4 is 27.6 Å². The lowest BCUT2D eigenvalue weighted by atomic mass is 9.86. The van der Waals surface area contributed by atoms with Crippen LogP contribution in [0.4, 0.5) is 20.4 Å². The van der Waals surface area contributed by atoms with Gasteiger partial charge in [0.25, 0.3) is 5.91 Å². The molecule has 268 valence electrons. The number of aliphatic hydroxyl groups excluding tert-OH is 1. The Labute approximate surface area is 288 Å². The first kappa shape index (κ1) is 38.0. The van der Waals surface area contributed by atoms with E-state index in [-0.39, 0.29) is 35.7 Å². The maximum atomic E-state index is 13.9. The van der Waals surface area contributed by atoms with E-state index in [0.29, 0.717) is 36.8 Å². The van der Waals surface area contributed by atoms with Gasteiger partial charge in [0.05, 0.1) is 17.4 Å². The molecular formula is C36H49F2N5O5S. The molecule has 1 fully saturated rings. The van der Waals surface area contributed by atoms with Gasteiger partial charge in [0, 0.05) is 50.4 Å². The van der Waals surface area contributed by atoms with Crippen LogP contribution >= 0.6 is 0 Å². The lowest BCUT2D eigenvalue weighted by Crippen LogP contribution is -2.50. The van der Waals surface area contributed by atoms with Gasteiger partial charge in [-0.15, -0.1) is 0 Å². The molecule has 1 aromatic heterocycles. The largest absolute Gasteiger partial charge is 0.491 e. The summed E-state index contributed by atoms with van der Waals surface area (Å²) in [5.74, 6) is -1.01. The number of ether oxygens (including phenoxy) is 1. The summed E-state index contributed by atoms with van der Waals surface area (Å²) in [6.45, 7) is 12.4. The topological polar surface area (TPSA) is 133 Å². The van der Waals surface area contributed by atoms with Gasteiger partial charge in [-0.25, -0.2) is 22.2 Å². The Kier molecular flexibility index (Phi) is 12.3. The molecule has 1 saturated carbocycles. The average molecular weight is 702 g/mol. The summed E-state index contributed by atoms with van der Waals surface area (Å²) < 4.78 is 60.5. The number of anilines is 2. The van der Waals surface area contributed by atoms with E-state index < -0.39 is 45.0 Å². The molecule has 0 radical (unpaired) electrons. The van der Waals surface area contributed by atoms with Crippen LogP contribution in [-0.4, -0.2) is 68.6 Å². The van der Waals surface area contributed by atoms with Crippen LogP contribution in [0.1, 0.15) is 69.4 Å². The third-order valence-corrected chi connectivity index (χ3v) is 10.9. The summed E-state index contributed by atoms with van der Waals surface area (Å²) in [4.78, 5) is 18.3. The molecular weight excluding hydrogens is 652 g/mol. The second-order valence-corrected chi connectivity index (χ2v) is 16.7. The van der Waals surface area contributed by atoms with Crippen molar-refractivity contribution in [3.63, 3.8) is 0 Å². The summed E-state index contributed by atoms with van der Waals surface area (Å²) in [5, 5.41) is 19.8. The normalized spacial score (nSPS) is 17.4. The molecule has 49 heavy (non-hydrogen) atoms. The number of aromatic nitrogens is 1. The highest BCUT2D eigenvalue weighted by molar-refractivity contribution is 7.93. The van der Waals surface area contributed by atoms with Crippen LogP contribution in [0, 0.1) is 23.5 Å². The van der Waals surface area contributed by atoms with Crippen molar-refractivity contribution in [3.8, 4) is 5.75 Å². The van der Waals surface area contributed by atoms with Gasteiger partial charge in [-0.05, 0) is 60.8 Å². The fourth-order valence-electron chi connectivity index (χ4n) is 5.22. The highest BCUT2D eigenvalue weighted by Crippen LogP contribution is 2.37. The second-order valence-electron chi connectivity index (χ2n) is 14.2. The lowest BCUT2D eigenvalue weighted by Gasteiger charge is -2.26. The molecule has 4 rings (SSSR count). The summed E-state index contributed by atoms with van der Waals surface area (Å²) in [6.07, 6.45) is -0.126. The Morgan fingerprint density at radius 2 is 1.78 bits per heavy atom. The minimum atomic E-state index is -3.76. The van der Waals surface area contributed by atoms with Gasteiger partial charge in [0.15, 0.2) is 0 Å². The molecule has 1 aliphatic carbocycles. The molecule has 3 aromatic rings. The number of nitrogens with zero attached hydrogens (tertiary/aromatic N) is 2. The highest BCUT2D eigenvalue weighted by Gasteiger charge is 2.32. The zero-order valence-electron chi connectivity index (χ0n) is 29.3. The predicted octanol–water partition coefficient (Wildman–Crippen LogP) is 5.23. The van der Waals surface area contributed by atoms with E-state index in [1.807, 2.05) is 12.1 Å². The number of nitrogens with one attached hydrogen (secondary N) is 3. The van der Waals surface area contributed by atoms with Crippen molar-refractivity contribution in [2.75, 3.05) is 36.4 Å². The fourth-order valence-corrected chi connectivity index (χ4v) is 6.20. The zero-order chi connectivity index (χ0) is 36.1. The zero-order valence-corrected chi connectivity index (χ0v) is 30.1. The number of amides is 1. The predicted molar refractivity (Wildman–Crippen MR) is 188 cm³/mol. The van der Waals surface area contributed by atoms with Crippen LogP contribution in [-0.2, 0) is 22.0 Å². The van der Waals surface area contributed by atoms with Crippen LogP contribution in [0.15, 0.2) is 54.6 Å². The quantitative estimate of drug-likeness (QED) is 0.160. The van der Waals surface area contributed by atoms with E-state index in [9.17, 15) is 27.1 Å². The molecule has 1 heterocycles. The van der Waals surface area contributed by atoms with Gasteiger partial charge in [0.1, 0.15) is 35.6 Å². The number of carbonyl (C=O) groups is 1. The molecule has 1 amide bonds. The fraction of sp³-hybridized carbons (Fsp3) is 0.500. The van der Waals surface area contributed by atoms with E-state index in [4.69, 9.17) is 4.74 Å². The first-order chi connectivity index (χ1) is 22.9. The lowest BCUT2D eigenvalue weighted by molar-refractivity contribution is 0.0732. The number of halogens is 2. The number of sulfonamides is 1. The van der Waals surface area contributed by atoms with Gasteiger partial charge in [-0.3, -0.25) is 9.10 Å². The van der Waals surface area contributed by atoms with Gasteiger partial charge < -0.3 is 25.8 Å². The molecule has 4 atom stereocenters. The van der Waals surface area contributed by atoms with Gasteiger partial charge in [0.2, 0.25) is 10.0 Å². The van der Waals surface area contributed by atoms with Crippen molar-refractivity contribution in [2.24, 2.45) is 11.8 Å². The Morgan fingerprint density at radius 1 is 1.10 bits per heavy atom. The summed E-state index contributed by atoms with van der Waals surface area (Å²) in [5.41, 5.74) is 2.24. The Bertz CT molecular complexity index is 1700. The number of pyridine rings is 1. The first-order valence-corrected chi connectivity index (χ1v) is 18.1. The highest BCUT2D eigenvalue weighted by atomic mass is 32.2. The van der Waals surface area contributed by atoms with E-state index in [1.165, 1.54) is 19.2 Å². The second kappa shape index (κ2) is 15.8. The molecule has 0 bridgehead atoms. The van der Waals surface area contributed by atoms with Crippen LogP contribution in [0.25, 0.3) is 0 Å². The molecule has 13 heteroatoms. The smallest absolute Gasteiger partial charge is 0.251 e. The third-order valence-electron chi connectivity index (χ3n) is 8.72. The third kappa shape index (κ3) is 10.6. The van der Waals surface area contributed by atoms with Crippen LogP contribution in [0.3, 0.4) is 0 Å². The molecule has 0 aliphatic heterocycles. The van der Waals surface area contributed by atoms with E-state index in [2.05, 4.69) is 60.8 Å². The minimum absolute atomic E-state index is 0.0368. The molecule has 0 saturated heterocycles. The van der Waals surface area contributed by atoms with E-state index in [0.717, 1.165) is 34.0 Å². The molecule has 0 unspecified atom stereocenters. The first-order valence-electron chi connectivity index (χ1n) is 16.6. The average Bonchev–Trinajstić information content (AvgIpc) is 3.75. The van der Waals surface area contributed by atoms with Crippen molar-refractivity contribution in [3.05, 3.63) is 82.9 Å². The van der Waals surface area contributed by atoms with Gasteiger partial charge in [-0.1, -0.05) is 52.0 Å². The van der Waals surface area contributed by atoms with Crippen molar-refractivity contribution < 1.29 is 31.8 Å². The Morgan fingerprint density at radius 3 is 2.39 bits per heavy atom. The van der Waals surface area contributed by atoms with Gasteiger partial charge in [-0.2, -0.15) is 0 Å². The Hall–Kier alpha value is -3.81.